The largest absolute Gasteiger partial charge is 0.317 e. The van der Waals surface area contributed by atoms with Crippen LogP contribution in [0.1, 0.15) is 30.9 Å². The van der Waals surface area contributed by atoms with Crippen LogP contribution in [-0.2, 0) is 4.79 Å². The molecule has 1 aromatic carbocycles. The molecule has 3 saturated heterocycles. The lowest BCUT2D eigenvalue weighted by atomic mass is 9.78. The smallest absolute Gasteiger partial charge is 0.245 e. The molecule has 0 unspecified atom stereocenters. The number of hydrogen-bond donors (Lipinski definition) is 1. The lowest BCUT2D eigenvalue weighted by Gasteiger charge is -2.32. The standard InChI is InChI=1S/C16H19F2N3O/c17-12-7-11(8-13(18)9-12)14-1-6-20-10-16(15(22)21(14)20)2-4-19-5-3-16/h7-9,14,19H,1-6,10H2/t14-/m0/s1. The number of nitrogens with zero attached hydrogens (tertiary/aromatic N) is 2. The molecule has 6 heteroatoms. The maximum atomic E-state index is 13.5. The molecule has 3 aliphatic rings. The van der Waals surface area contributed by atoms with Crippen molar-refractivity contribution in [3.05, 3.63) is 35.4 Å². The minimum Gasteiger partial charge on any atom is -0.317 e. The van der Waals surface area contributed by atoms with E-state index in [1.165, 1.54) is 12.1 Å². The summed E-state index contributed by atoms with van der Waals surface area (Å²) in [5, 5.41) is 7.13. The van der Waals surface area contributed by atoms with Gasteiger partial charge in [-0.25, -0.2) is 13.8 Å². The predicted molar refractivity (Wildman–Crippen MR) is 76.7 cm³/mol. The summed E-state index contributed by atoms with van der Waals surface area (Å²) in [6.07, 6.45) is 2.40. The summed E-state index contributed by atoms with van der Waals surface area (Å²) in [4.78, 5) is 13.0. The molecule has 3 fully saturated rings. The van der Waals surface area contributed by atoms with E-state index >= 15 is 0 Å². The minimum atomic E-state index is -0.586. The Morgan fingerprint density at radius 1 is 1.14 bits per heavy atom. The molecule has 118 valence electrons. The van der Waals surface area contributed by atoms with Crippen LogP contribution >= 0.6 is 0 Å². The number of benzene rings is 1. The predicted octanol–water partition coefficient (Wildman–Crippen LogP) is 1.84. The molecule has 0 bridgehead atoms. The summed E-state index contributed by atoms with van der Waals surface area (Å²) in [5.41, 5.74) is 0.245. The topological polar surface area (TPSA) is 35.6 Å². The van der Waals surface area contributed by atoms with Crippen molar-refractivity contribution in [1.29, 1.82) is 0 Å². The average molecular weight is 307 g/mol. The molecule has 4 nitrogen and oxygen atoms in total. The van der Waals surface area contributed by atoms with E-state index in [1.54, 1.807) is 5.01 Å². The molecule has 1 atom stereocenters. The summed E-state index contributed by atoms with van der Waals surface area (Å²) in [6.45, 7) is 3.21. The van der Waals surface area contributed by atoms with Crippen LogP contribution in [0.4, 0.5) is 8.78 Å². The Labute approximate surface area is 128 Å². The number of halogens is 2. The Balaban J connectivity index is 1.65. The number of nitrogens with one attached hydrogen (secondary N) is 1. The molecule has 3 heterocycles. The fourth-order valence-electron chi connectivity index (χ4n) is 4.14. The Kier molecular flexibility index (Phi) is 3.20. The van der Waals surface area contributed by atoms with Crippen LogP contribution in [-0.4, -0.2) is 42.1 Å². The maximum Gasteiger partial charge on any atom is 0.245 e. The molecule has 1 amide bonds. The van der Waals surface area contributed by atoms with Crippen LogP contribution in [0.2, 0.25) is 0 Å². The Morgan fingerprint density at radius 2 is 1.82 bits per heavy atom. The zero-order chi connectivity index (χ0) is 15.3. The fourth-order valence-corrected chi connectivity index (χ4v) is 4.14. The van der Waals surface area contributed by atoms with Crippen molar-refractivity contribution in [3.8, 4) is 0 Å². The highest BCUT2D eigenvalue weighted by molar-refractivity contribution is 5.85. The zero-order valence-electron chi connectivity index (χ0n) is 12.3. The van der Waals surface area contributed by atoms with Gasteiger partial charge in [0.25, 0.3) is 0 Å². The van der Waals surface area contributed by atoms with Gasteiger partial charge in [0, 0.05) is 19.2 Å². The molecule has 3 aliphatic heterocycles. The summed E-state index contributed by atoms with van der Waals surface area (Å²) in [6, 6.07) is 3.32. The summed E-state index contributed by atoms with van der Waals surface area (Å²) < 4.78 is 27.0. The fraction of sp³-hybridized carbons (Fsp3) is 0.562. The zero-order valence-corrected chi connectivity index (χ0v) is 12.3. The molecule has 0 aliphatic carbocycles. The molecule has 1 spiro atoms. The van der Waals surface area contributed by atoms with Crippen LogP contribution in [0.5, 0.6) is 0 Å². The van der Waals surface area contributed by atoms with Crippen molar-refractivity contribution >= 4 is 5.91 Å². The number of piperidine rings is 1. The summed E-state index contributed by atoms with van der Waals surface area (Å²) in [7, 11) is 0. The third kappa shape index (κ3) is 2.05. The SMILES string of the molecule is O=C1N2[C@H](c3cc(F)cc(F)c3)CCN2CC12CCNCC2. The molecule has 22 heavy (non-hydrogen) atoms. The van der Waals surface area contributed by atoms with Gasteiger partial charge in [0.05, 0.1) is 11.5 Å². The molecule has 1 aromatic rings. The monoisotopic (exact) mass is 307 g/mol. The van der Waals surface area contributed by atoms with Gasteiger partial charge in [-0.05, 0) is 50.0 Å². The van der Waals surface area contributed by atoms with E-state index in [0.29, 0.717) is 5.56 Å². The minimum absolute atomic E-state index is 0.126. The number of carbonyl (C=O) groups is 1. The first-order valence-electron chi connectivity index (χ1n) is 7.84. The molecule has 0 radical (unpaired) electrons. The van der Waals surface area contributed by atoms with E-state index in [1.807, 2.05) is 0 Å². The first-order valence-corrected chi connectivity index (χ1v) is 7.84. The number of carbonyl (C=O) groups excluding carboxylic acids is 1. The average Bonchev–Trinajstić information content (AvgIpc) is 2.99. The van der Waals surface area contributed by atoms with Crippen LogP contribution in [0.15, 0.2) is 18.2 Å². The third-order valence-corrected chi connectivity index (χ3v) is 5.24. The van der Waals surface area contributed by atoms with Gasteiger partial charge in [0.15, 0.2) is 0 Å². The lowest BCUT2D eigenvalue weighted by molar-refractivity contribution is -0.144. The number of hydrazine groups is 1. The van der Waals surface area contributed by atoms with Crippen LogP contribution in [0, 0.1) is 17.0 Å². The van der Waals surface area contributed by atoms with Gasteiger partial charge < -0.3 is 5.32 Å². The number of hydrogen-bond acceptors (Lipinski definition) is 3. The first kappa shape index (κ1) is 14.1. The second-order valence-corrected chi connectivity index (χ2v) is 6.58. The van der Waals surface area contributed by atoms with Crippen LogP contribution in [0.25, 0.3) is 0 Å². The normalized spacial score (nSPS) is 27.6. The highest BCUT2D eigenvalue weighted by Gasteiger charge is 2.55. The van der Waals surface area contributed by atoms with Crippen molar-refractivity contribution in [2.45, 2.75) is 25.3 Å². The van der Waals surface area contributed by atoms with E-state index in [2.05, 4.69) is 10.3 Å². The second kappa shape index (κ2) is 4.99. The van der Waals surface area contributed by atoms with Gasteiger partial charge in [-0.2, -0.15) is 0 Å². The van der Waals surface area contributed by atoms with Crippen LogP contribution in [0.3, 0.4) is 0 Å². The third-order valence-electron chi connectivity index (χ3n) is 5.24. The molecular weight excluding hydrogens is 288 g/mol. The Bertz CT molecular complexity index is 595. The quantitative estimate of drug-likeness (QED) is 0.860. The Morgan fingerprint density at radius 3 is 2.50 bits per heavy atom. The van der Waals surface area contributed by atoms with Crippen LogP contribution < -0.4 is 5.32 Å². The highest BCUT2D eigenvalue weighted by atomic mass is 19.1. The lowest BCUT2D eigenvalue weighted by Crippen LogP contribution is -2.44. The van der Waals surface area contributed by atoms with E-state index in [0.717, 1.165) is 51.5 Å². The van der Waals surface area contributed by atoms with Crippen molar-refractivity contribution in [2.75, 3.05) is 26.2 Å². The van der Waals surface area contributed by atoms with Gasteiger partial charge in [0.2, 0.25) is 5.91 Å². The van der Waals surface area contributed by atoms with Gasteiger partial charge in [-0.1, -0.05) is 0 Å². The van der Waals surface area contributed by atoms with E-state index in [4.69, 9.17) is 0 Å². The molecule has 1 N–H and O–H groups in total. The van der Waals surface area contributed by atoms with Crippen molar-refractivity contribution < 1.29 is 13.6 Å². The molecule has 4 rings (SSSR count). The number of amides is 1. The molecule has 0 aromatic heterocycles. The molecule has 0 saturated carbocycles. The number of rotatable bonds is 1. The van der Waals surface area contributed by atoms with Crippen molar-refractivity contribution in [1.82, 2.24) is 15.3 Å². The summed E-state index contributed by atoms with van der Waals surface area (Å²) in [5.74, 6) is -1.05. The second-order valence-electron chi connectivity index (χ2n) is 6.58. The first-order chi connectivity index (χ1) is 10.6. The van der Waals surface area contributed by atoms with Gasteiger partial charge in [0.1, 0.15) is 11.6 Å². The van der Waals surface area contributed by atoms with E-state index < -0.39 is 11.6 Å². The summed E-state index contributed by atoms with van der Waals surface area (Å²) >= 11 is 0. The molecular formula is C16H19F2N3O. The Hall–Kier alpha value is -1.53. The number of fused-ring (bicyclic) bond motifs is 1. The van der Waals surface area contributed by atoms with Gasteiger partial charge >= 0.3 is 0 Å². The van der Waals surface area contributed by atoms with Gasteiger partial charge in [-0.15, -0.1) is 0 Å². The van der Waals surface area contributed by atoms with Crippen molar-refractivity contribution in [2.24, 2.45) is 5.41 Å². The van der Waals surface area contributed by atoms with E-state index in [-0.39, 0.29) is 17.4 Å². The highest BCUT2D eigenvalue weighted by Crippen LogP contribution is 2.46. The maximum absolute atomic E-state index is 13.5. The van der Waals surface area contributed by atoms with Crippen molar-refractivity contribution in [3.63, 3.8) is 0 Å². The van der Waals surface area contributed by atoms with E-state index in [9.17, 15) is 13.6 Å². The van der Waals surface area contributed by atoms with Gasteiger partial charge in [-0.3, -0.25) is 9.80 Å².